The van der Waals surface area contributed by atoms with Gasteiger partial charge < -0.3 is 9.80 Å². The van der Waals surface area contributed by atoms with Gasteiger partial charge in [-0.3, -0.25) is 14.8 Å². The lowest BCUT2D eigenvalue weighted by molar-refractivity contribution is 0.0664. The molecule has 1 fully saturated rings. The number of likely N-dealkylation sites (N-methyl/N-ethyl adjacent to an activating group) is 1. The summed E-state index contributed by atoms with van der Waals surface area (Å²) >= 11 is 2.29. The molecule has 1 saturated heterocycles. The normalized spacial score (nSPS) is 23.0. The van der Waals surface area contributed by atoms with Gasteiger partial charge in [0.25, 0.3) is 5.91 Å². The summed E-state index contributed by atoms with van der Waals surface area (Å²) in [5.74, 6) is 0.114. The van der Waals surface area contributed by atoms with E-state index in [4.69, 9.17) is 4.99 Å². The van der Waals surface area contributed by atoms with Gasteiger partial charge >= 0.3 is 0 Å². The Morgan fingerprint density at radius 3 is 2.56 bits per heavy atom. The molecule has 6 heteroatoms. The number of piperazine rings is 1. The summed E-state index contributed by atoms with van der Waals surface area (Å²) < 4.78 is 1.14. The minimum atomic E-state index is 0.0345. The number of benzene rings is 1. The molecular weight excluding hydrogens is 427 g/mol. The van der Waals surface area contributed by atoms with Gasteiger partial charge in [-0.15, -0.1) is 0 Å². The van der Waals surface area contributed by atoms with E-state index in [1.165, 1.54) is 0 Å². The second kappa shape index (κ2) is 6.84. The van der Waals surface area contributed by atoms with Gasteiger partial charge in [-0.2, -0.15) is 0 Å². The fourth-order valence-corrected chi connectivity index (χ4v) is 3.77. The summed E-state index contributed by atoms with van der Waals surface area (Å²) in [5, 5.41) is 0. The van der Waals surface area contributed by atoms with Crippen LogP contribution < -0.4 is 0 Å². The number of carbonyl (C=O) groups excluding carboxylic acids is 1. The van der Waals surface area contributed by atoms with Crippen LogP contribution in [0.4, 0.5) is 0 Å². The second-order valence-corrected chi connectivity index (χ2v) is 7.74. The number of allylic oxidation sites excluding steroid dienone is 1. The predicted molar refractivity (Wildman–Crippen MR) is 109 cm³/mol. The molecule has 0 radical (unpaired) electrons. The van der Waals surface area contributed by atoms with Gasteiger partial charge in [-0.1, -0.05) is 12.1 Å². The molecular formula is C19H19IN4O. The van der Waals surface area contributed by atoms with E-state index in [9.17, 15) is 4.79 Å². The molecule has 0 saturated carbocycles. The summed E-state index contributed by atoms with van der Waals surface area (Å²) in [4.78, 5) is 26.0. The van der Waals surface area contributed by atoms with Crippen LogP contribution in [-0.2, 0) is 0 Å². The van der Waals surface area contributed by atoms with Crippen molar-refractivity contribution in [1.29, 1.82) is 0 Å². The first-order valence-electron chi connectivity index (χ1n) is 8.39. The van der Waals surface area contributed by atoms with Crippen LogP contribution in [0.1, 0.15) is 15.9 Å². The third kappa shape index (κ3) is 3.32. The lowest BCUT2D eigenvalue weighted by Crippen LogP contribution is -2.47. The van der Waals surface area contributed by atoms with Gasteiger partial charge in [-0.05, 0) is 59.5 Å². The monoisotopic (exact) mass is 446 g/mol. The number of fused-ring (bicyclic) bond motifs is 1. The van der Waals surface area contributed by atoms with Crippen LogP contribution in [0.2, 0.25) is 0 Å². The van der Waals surface area contributed by atoms with Crippen LogP contribution in [0.3, 0.4) is 0 Å². The summed E-state index contributed by atoms with van der Waals surface area (Å²) in [5.41, 5.74) is 3.70. The molecule has 0 aromatic heterocycles. The highest BCUT2D eigenvalue weighted by atomic mass is 127. The lowest BCUT2D eigenvalue weighted by atomic mass is 10.0. The Kier molecular flexibility index (Phi) is 4.56. The Labute approximate surface area is 161 Å². The van der Waals surface area contributed by atoms with Crippen LogP contribution in [0, 0.1) is 0 Å². The average molecular weight is 446 g/mol. The fourth-order valence-electron chi connectivity index (χ4n) is 3.17. The van der Waals surface area contributed by atoms with Crippen molar-refractivity contribution in [3.63, 3.8) is 0 Å². The van der Waals surface area contributed by atoms with Gasteiger partial charge in [0.1, 0.15) is 6.04 Å². The van der Waals surface area contributed by atoms with Crippen LogP contribution in [0.5, 0.6) is 0 Å². The maximum Gasteiger partial charge on any atom is 0.253 e. The van der Waals surface area contributed by atoms with Gasteiger partial charge in [0.2, 0.25) is 0 Å². The Bertz CT molecular complexity index is 814. The smallest absolute Gasteiger partial charge is 0.253 e. The van der Waals surface area contributed by atoms with Crippen LogP contribution in [0.25, 0.3) is 0 Å². The molecule has 1 aromatic carbocycles. The number of hydrogen-bond acceptors (Lipinski definition) is 4. The van der Waals surface area contributed by atoms with Crippen molar-refractivity contribution in [3.05, 3.63) is 57.3 Å². The summed E-state index contributed by atoms with van der Waals surface area (Å²) in [6.45, 7) is 3.45. The first-order valence-corrected chi connectivity index (χ1v) is 9.47. The van der Waals surface area contributed by atoms with Gasteiger partial charge in [-0.25, -0.2) is 0 Å². The third-order valence-electron chi connectivity index (χ3n) is 4.78. The van der Waals surface area contributed by atoms with Crippen molar-refractivity contribution in [2.45, 2.75) is 6.04 Å². The SMILES string of the molecule is CN1CCN(C(=O)c2ccc(C3=NC4C(I)=CN=C4C=C3)cc2)CC1. The second-order valence-electron chi connectivity index (χ2n) is 6.49. The molecule has 5 nitrogen and oxygen atoms in total. The Balaban J connectivity index is 1.50. The maximum absolute atomic E-state index is 12.6. The zero-order valence-corrected chi connectivity index (χ0v) is 16.2. The molecule has 1 amide bonds. The maximum atomic E-state index is 12.6. The number of carbonyl (C=O) groups is 1. The van der Waals surface area contributed by atoms with E-state index in [2.05, 4.69) is 39.5 Å². The topological polar surface area (TPSA) is 48.3 Å². The van der Waals surface area contributed by atoms with Crippen molar-refractivity contribution in [2.24, 2.45) is 9.98 Å². The number of rotatable bonds is 2. The Hall–Kier alpha value is -1.80. The van der Waals surface area contributed by atoms with E-state index in [-0.39, 0.29) is 11.9 Å². The summed E-state index contributed by atoms with van der Waals surface area (Å²) in [6, 6.07) is 7.82. The highest BCUT2D eigenvalue weighted by Crippen LogP contribution is 2.26. The molecule has 0 spiro atoms. The van der Waals surface area contributed by atoms with Crippen LogP contribution >= 0.6 is 22.6 Å². The van der Waals surface area contributed by atoms with Crippen molar-refractivity contribution >= 4 is 39.9 Å². The van der Waals surface area contributed by atoms with E-state index < -0.39 is 0 Å². The minimum Gasteiger partial charge on any atom is -0.336 e. The van der Waals surface area contributed by atoms with Gasteiger partial charge in [0.15, 0.2) is 0 Å². The third-order valence-corrected chi connectivity index (χ3v) is 5.65. The quantitative estimate of drug-likeness (QED) is 0.656. The number of halogens is 1. The zero-order valence-electron chi connectivity index (χ0n) is 14.0. The molecule has 128 valence electrons. The van der Waals surface area contributed by atoms with Crippen LogP contribution in [-0.4, -0.2) is 66.4 Å². The number of dihydropyridines is 1. The molecule has 25 heavy (non-hydrogen) atoms. The number of nitrogens with zero attached hydrogens (tertiary/aromatic N) is 4. The molecule has 1 aromatic rings. The fraction of sp³-hybridized carbons (Fsp3) is 0.316. The number of amides is 1. The van der Waals surface area contributed by atoms with Gasteiger partial charge in [0, 0.05) is 41.5 Å². The highest BCUT2D eigenvalue weighted by molar-refractivity contribution is 14.1. The molecule has 0 N–H and O–H groups in total. The molecule has 1 atom stereocenters. The van der Waals surface area contributed by atoms with Crippen molar-refractivity contribution in [1.82, 2.24) is 9.80 Å². The van der Waals surface area contributed by atoms with E-state index in [1.807, 2.05) is 47.5 Å². The van der Waals surface area contributed by atoms with E-state index in [0.29, 0.717) is 0 Å². The average Bonchev–Trinajstić information content (AvgIpc) is 3.02. The Morgan fingerprint density at radius 2 is 1.84 bits per heavy atom. The molecule has 4 rings (SSSR count). The minimum absolute atomic E-state index is 0.0345. The molecule has 0 aliphatic carbocycles. The lowest BCUT2D eigenvalue weighted by Gasteiger charge is -2.32. The largest absolute Gasteiger partial charge is 0.336 e. The first-order chi connectivity index (χ1) is 12.1. The highest BCUT2D eigenvalue weighted by Gasteiger charge is 2.25. The van der Waals surface area contributed by atoms with E-state index in [1.54, 1.807) is 0 Å². The molecule has 0 bridgehead atoms. The van der Waals surface area contributed by atoms with Crippen molar-refractivity contribution < 1.29 is 4.79 Å². The standard InChI is InChI=1S/C19H19IN4O/c1-23-8-10-24(11-9-23)19(25)14-4-2-13(3-5-14)16-6-7-17-18(22-16)15(20)12-21-17/h2-7,12,18H,8-11H2,1H3. The van der Waals surface area contributed by atoms with E-state index >= 15 is 0 Å². The molecule has 3 aliphatic heterocycles. The van der Waals surface area contributed by atoms with Crippen LogP contribution in [0.15, 0.2) is 56.2 Å². The molecule has 3 heterocycles. The predicted octanol–water partition coefficient (Wildman–Crippen LogP) is 2.53. The van der Waals surface area contributed by atoms with Gasteiger partial charge in [0.05, 0.1) is 11.4 Å². The van der Waals surface area contributed by atoms with Crippen molar-refractivity contribution in [3.8, 4) is 0 Å². The number of aliphatic imine (C=N–C) groups is 2. The first kappa shape index (κ1) is 16.7. The summed E-state index contributed by atoms with van der Waals surface area (Å²) in [7, 11) is 2.09. The molecule has 3 aliphatic rings. The summed E-state index contributed by atoms with van der Waals surface area (Å²) in [6.07, 6.45) is 5.89. The zero-order chi connectivity index (χ0) is 17.4. The molecule has 1 unspecified atom stereocenters. The van der Waals surface area contributed by atoms with Crippen molar-refractivity contribution in [2.75, 3.05) is 33.2 Å². The van der Waals surface area contributed by atoms with E-state index in [0.717, 1.165) is 52.3 Å². The number of hydrogen-bond donors (Lipinski definition) is 0. The Morgan fingerprint density at radius 1 is 1.12 bits per heavy atom.